The molecule has 1 aliphatic rings. The molecule has 0 radical (unpaired) electrons. The fourth-order valence-electron chi connectivity index (χ4n) is 3.16. The first-order valence-electron chi connectivity index (χ1n) is 9.31. The number of amides is 1. The number of benzene rings is 2. The summed E-state index contributed by atoms with van der Waals surface area (Å²) < 4.78 is 5.45. The Morgan fingerprint density at radius 1 is 1.30 bits per heavy atom. The lowest BCUT2D eigenvalue weighted by Gasteiger charge is -2.33. The van der Waals surface area contributed by atoms with Crippen molar-refractivity contribution in [1.82, 2.24) is 10.2 Å². The number of nitrogens with one attached hydrogen (secondary N) is 2. The van der Waals surface area contributed by atoms with Crippen molar-refractivity contribution in [2.45, 2.75) is 26.0 Å². The molecule has 0 unspecified atom stereocenters. The van der Waals surface area contributed by atoms with E-state index in [0.717, 1.165) is 35.8 Å². The summed E-state index contributed by atoms with van der Waals surface area (Å²) in [6, 6.07) is 15.8. The average molecular weight is 388 g/mol. The second kappa shape index (κ2) is 9.62. The van der Waals surface area contributed by atoms with Crippen molar-refractivity contribution < 1.29 is 9.53 Å². The van der Waals surface area contributed by atoms with Crippen molar-refractivity contribution in [3.05, 3.63) is 64.7 Å². The van der Waals surface area contributed by atoms with Gasteiger partial charge in [0.1, 0.15) is 6.61 Å². The molecule has 0 bridgehead atoms. The minimum absolute atomic E-state index is 0.245. The lowest BCUT2D eigenvalue weighted by molar-refractivity contribution is 0.0845. The van der Waals surface area contributed by atoms with Gasteiger partial charge in [0.2, 0.25) is 0 Å². The molecule has 1 atom stereocenters. The number of rotatable bonds is 6. The summed E-state index contributed by atoms with van der Waals surface area (Å²) in [5.41, 5.74) is 3.22. The largest absolute Gasteiger partial charge is 0.445 e. The lowest BCUT2D eigenvalue weighted by atomic mass is 10.1. The van der Waals surface area contributed by atoms with E-state index in [9.17, 15) is 4.79 Å². The van der Waals surface area contributed by atoms with Crippen LogP contribution in [-0.2, 0) is 11.3 Å². The van der Waals surface area contributed by atoms with Crippen LogP contribution in [-0.4, -0.2) is 43.2 Å². The van der Waals surface area contributed by atoms with Gasteiger partial charge >= 0.3 is 6.09 Å². The third kappa shape index (κ3) is 5.88. The predicted molar refractivity (Wildman–Crippen MR) is 109 cm³/mol. The van der Waals surface area contributed by atoms with Gasteiger partial charge in [0.25, 0.3) is 0 Å². The molecule has 144 valence electrons. The Morgan fingerprint density at radius 3 is 2.93 bits per heavy atom. The van der Waals surface area contributed by atoms with Crippen molar-refractivity contribution in [2.75, 3.05) is 31.5 Å². The van der Waals surface area contributed by atoms with Crippen LogP contribution in [0.15, 0.2) is 48.5 Å². The van der Waals surface area contributed by atoms with Gasteiger partial charge in [-0.2, -0.15) is 0 Å². The van der Waals surface area contributed by atoms with Crippen molar-refractivity contribution in [2.24, 2.45) is 0 Å². The summed E-state index contributed by atoms with van der Waals surface area (Å²) in [4.78, 5) is 14.1. The van der Waals surface area contributed by atoms with Gasteiger partial charge in [-0.1, -0.05) is 48.0 Å². The topological polar surface area (TPSA) is 53.6 Å². The van der Waals surface area contributed by atoms with E-state index < -0.39 is 0 Å². The summed E-state index contributed by atoms with van der Waals surface area (Å²) >= 11 is 6.06. The van der Waals surface area contributed by atoms with Crippen LogP contribution in [0.3, 0.4) is 0 Å². The molecule has 1 fully saturated rings. The maximum atomic E-state index is 12.3. The fraction of sp³-hybridized carbons (Fsp3) is 0.381. The van der Waals surface area contributed by atoms with E-state index in [1.807, 2.05) is 48.5 Å². The second-order valence-electron chi connectivity index (χ2n) is 6.81. The number of carbonyl (C=O) groups is 1. The molecule has 6 heteroatoms. The standard InChI is InChI=1S/C21H26ClN3O2/c1-16-7-8-18(22)13-20(16)24-10-9-19-14-25(12-11-23-19)21(26)27-15-17-5-3-2-4-6-17/h2-8,13,19,23-24H,9-12,14-15H2,1H3/t19-/m1/s1. The van der Waals surface area contributed by atoms with Crippen molar-refractivity contribution in [3.63, 3.8) is 0 Å². The van der Waals surface area contributed by atoms with E-state index in [1.165, 1.54) is 5.56 Å². The fourth-order valence-corrected chi connectivity index (χ4v) is 3.33. The maximum absolute atomic E-state index is 12.3. The second-order valence-corrected chi connectivity index (χ2v) is 7.25. The van der Waals surface area contributed by atoms with Crippen LogP contribution in [0.25, 0.3) is 0 Å². The average Bonchev–Trinajstić information content (AvgIpc) is 2.70. The van der Waals surface area contributed by atoms with Crippen LogP contribution in [0.1, 0.15) is 17.5 Å². The zero-order valence-electron chi connectivity index (χ0n) is 15.6. The normalized spacial score (nSPS) is 16.8. The SMILES string of the molecule is Cc1ccc(Cl)cc1NCC[C@@H]1CN(C(=O)OCc2ccccc2)CCN1. The van der Waals surface area contributed by atoms with Gasteiger partial charge in [-0.15, -0.1) is 0 Å². The first kappa shape index (κ1) is 19.5. The summed E-state index contributed by atoms with van der Waals surface area (Å²) in [6.45, 7) is 5.29. The molecule has 1 heterocycles. The van der Waals surface area contributed by atoms with Crippen LogP contribution in [0.4, 0.5) is 10.5 Å². The van der Waals surface area contributed by atoms with Crippen molar-refractivity contribution in [3.8, 4) is 0 Å². The highest BCUT2D eigenvalue weighted by molar-refractivity contribution is 6.30. The van der Waals surface area contributed by atoms with Crippen LogP contribution in [0, 0.1) is 6.92 Å². The number of nitrogens with zero attached hydrogens (tertiary/aromatic N) is 1. The number of aryl methyl sites for hydroxylation is 1. The van der Waals surface area contributed by atoms with E-state index >= 15 is 0 Å². The molecule has 0 spiro atoms. The number of ether oxygens (including phenoxy) is 1. The van der Waals surface area contributed by atoms with E-state index in [2.05, 4.69) is 17.6 Å². The maximum Gasteiger partial charge on any atom is 0.410 e. The zero-order valence-corrected chi connectivity index (χ0v) is 16.3. The van der Waals surface area contributed by atoms with Crippen molar-refractivity contribution in [1.29, 1.82) is 0 Å². The molecule has 2 N–H and O–H groups in total. The van der Waals surface area contributed by atoms with Crippen LogP contribution in [0.5, 0.6) is 0 Å². The zero-order chi connectivity index (χ0) is 19.1. The first-order chi connectivity index (χ1) is 13.1. The Hall–Kier alpha value is -2.24. The lowest BCUT2D eigenvalue weighted by Crippen LogP contribution is -2.53. The third-order valence-corrected chi connectivity index (χ3v) is 4.96. The summed E-state index contributed by atoms with van der Waals surface area (Å²) in [5.74, 6) is 0. The number of carbonyl (C=O) groups excluding carboxylic acids is 1. The Bertz CT molecular complexity index is 754. The van der Waals surface area contributed by atoms with Crippen LogP contribution in [0.2, 0.25) is 5.02 Å². The third-order valence-electron chi connectivity index (χ3n) is 4.73. The number of anilines is 1. The highest BCUT2D eigenvalue weighted by atomic mass is 35.5. The van der Waals surface area contributed by atoms with Gasteiger partial charge in [0, 0.05) is 42.9 Å². The van der Waals surface area contributed by atoms with Gasteiger partial charge in [-0.3, -0.25) is 0 Å². The number of piperazine rings is 1. The van der Waals surface area contributed by atoms with Crippen LogP contribution < -0.4 is 10.6 Å². The van der Waals surface area contributed by atoms with E-state index in [0.29, 0.717) is 19.7 Å². The Morgan fingerprint density at radius 2 is 2.11 bits per heavy atom. The summed E-state index contributed by atoms with van der Waals surface area (Å²) in [6.07, 6.45) is 0.665. The van der Waals surface area contributed by atoms with E-state index in [-0.39, 0.29) is 12.1 Å². The van der Waals surface area contributed by atoms with Crippen LogP contribution >= 0.6 is 11.6 Å². The molecule has 5 nitrogen and oxygen atoms in total. The number of halogens is 1. The molecule has 0 aromatic heterocycles. The molecular formula is C21H26ClN3O2. The highest BCUT2D eigenvalue weighted by Crippen LogP contribution is 2.20. The molecule has 2 aromatic carbocycles. The quantitative estimate of drug-likeness (QED) is 0.784. The molecule has 1 saturated heterocycles. The molecule has 2 aromatic rings. The van der Waals surface area contributed by atoms with Gasteiger partial charge in [-0.25, -0.2) is 4.79 Å². The molecule has 0 saturated carbocycles. The van der Waals surface area contributed by atoms with Gasteiger partial charge in [0.05, 0.1) is 0 Å². The minimum atomic E-state index is -0.246. The smallest absolute Gasteiger partial charge is 0.410 e. The first-order valence-corrected chi connectivity index (χ1v) is 9.68. The Balaban J connectivity index is 1.43. The molecule has 1 amide bonds. The Labute approximate surface area is 165 Å². The predicted octanol–water partition coefficient (Wildman–Crippen LogP) is 4.06. The molecule has 3 rings (SSSR count). The molecular weight excluding hydrogens is 362 g/mol. The number of hydrogen-bond acceptors (Lipinski definition) is 4. The van der Waals surface area contributed by atoms with Gasteiger partial charge < -0.3 is 20.3 Å². The molecule has 1 aliphatic heterocycles. The van der Waals surface area contributed by atoms with E-state index in [4.69, 9.17) is 16.3 Å². The molecule has 0 aliphatic carbocycles. The molecule has 27 heavy (non-hydrogen) atoms. The summed E-state index contributed by atoms with van der Waals surface area (Å²) in [7, 11) is 0. The van der Waals surface area contributed by atoms with E-state index in [1.54, 1.807) is 4.90 Å². The summed E-state index contributed by atoms with van der Waals surface area (Å²) in [5, 5.41) is 7.64. The monoisotopic (exact) mass is 387 g/mol. The minimum Gasteiger partial charge on any atom is -0.445 e. The highest BCUT2D eigenvalue weighted by Gasteiger charge is 2.24. The number of hydrogen-bond donors (Lipinski definition) is 2. The Kier molecular flexibility index (Phi) is 6.96. The van der Waals surface area contributed by atoms with Gasteiger partial charge in [0.15, 0.2) is 0 Å². The van der Waals surface area contributed by atoms with Gasteiger partial charge in [-0.05, 0) is 36.6 Å². The van der Waals surface area contributed by atoms with Crippen molar-refractivity contribution >= 4 is 23.4 Å².